The van der Waals surface area contributed by atoms with Gasteiger partial charge in [-0.15, -0.1) is 0 Å². The fourth-order valence-electron chi connectivity index (χ4n) is 10.7. The molecule has 2 heterocycles. The molecule has 0 bridgehead atoms. The Morgan fingerprint density at radius 3 is 1.84 bits per heavy atom. The molecule has 0 saturated heterocycles. The predicted molar refractivity (Wildman–Crippen MR) is 269 cm³/mol. The Balaban J connectivity index is 0.991. The van der Waals surface area contributed by atoms with Crippen molar-refractivity contribution in [1.29, 1.82) is 0 Å². The first kappa shape index (κ1) is 36.5. The van der Waals surface area contributed by atoms with Gasteiger partial charge >= 0.3 is 0 Å². The molecule has 3 nitrogen and oxygen atoms in total. The monoisotopic (exact) mass is 818 g/mol. The molecule has 0 unspecified atom stereocenters. The zero-order valence-electron chi connectivity index (χ0n) is 35.6. The fourth-order valence-corrected chi connectivity index (χ4v) is 10.7. The second-order valence-electron chi connectivity index (χ2n) is 17.7. The lowest BCUT2D eigenvalue weighted by Crippen LogP contribution is -2.14. The summed E-state index contributed by atoms with van der Waals surface area (Å²) >= 11 is 0. The van der Waals surface area contributed by atoms with Crippen molar-refractivity contribution in [3.05, 3.63) is 230 Å². The Kier molecular flexibility index (Phi) is 7.95. The summed E-state index contributed by atoms with van der Waals surface area (Å²) in [6, 6.07) is 79.6. The van der Waals surface area contributed by atoms with Crippen molar-refractivity contribution in [3.8, 4) is 39.1 Å². The van der Waals surface area contributed by atoms with Crippen molar-refractivity contribution >= 4 is 71.6 Å². The largest absolute Gasteiger partial charge is 0.455 e. The van der Waals surface area contributed by atoms with E-state index in [2.05, 4.69) is 242 Å². The van der Waals surface area contributed by atoms with Gasteiger partial charge in [0.25, 0.3) is 0 Å². The molecular weight excluding hydrogens is 777 g/mol. The zero-order chi connectivity index (χ0) is 42.5. The molecule has 13 rings (SSSR count). The number of anilines is 3. The van der Waals surface area contributed by atoms with E-state index in [9.17, 15) is 0 Å². The zero-order valence-corrected chi connectivity index (χ0v) is 35.6. The first-order chi connectivity index (χ1) is 31.5. The van der Waals surface area contributed by atoms with Gasteiger partial charge in [-0.05, 0) is 111 Å². The summed E-state index contributed by atoms with van der Waals surface area (Å²) in [6.07, 6.45) is 0. The minimum Gasteiger partial charge on any atom is -0.455 e. The number of rotatable bonds is 6. The van der Waals surface area contributed by atoms with Gasteiger partial charge in [0.15, 0.2) is 0 Å². The lowest BCUT2D eigenvalue weighted by Gasteiger charge is -2.28. The number of nitrogens with zero attached hydrogens (tertiary/aromatic N) is 2. The van der Waals surface area contributed by atoms with E-state index in [0.29, 0.717) is 0 Å². The van der Waals surface area contributed by atoms with Gasteiger partial charge in [0.1, 0.15) is 11.2 Å². The Bertz CT molecular complexity index is 3770. The van der Waals surface area contributed by atoms with Gasteiger partial charge in [-0.1, -0.05) is 166 Å². The number of fused-ring (bicyclic) bond motifs is 10. The van der Waals surface area contributed by atoms with Crippen LogP contribution in [-0.2, 0) is 5.41 Å². The number of hydrogen-bond donors (Lipinski definition) is 0. The highest BCUT2D eigenvalue weighted by molar-refractivity contribution is 6.18. The van der Waals surface area contributed by atoms with E-state index in [0.717, 1.165) is 55.8 Å². The molecule has 1 aliphatic rings. The van der Waals surface area contributed by atoms with Crippen molar-refractivity contribution in [3.63, 3.8) is 0 Å². The topological polar surface area (TPSA) is 21.3 Å². The molecule has 0 amide bonds. The number of para-hydroxylation sites is 3. The van der Waals surface area contributed by atoms with Crippen LogP contribution in [-0.4, -0.2) is 4.57 Å². The van der Waals surface area contributed by atoms with Crippen molar-refractivity contribution < 1.29 is 4.42 Å². The van der Waals surface area contributed by atoms with E-state index in [-0.39, 0.29) is 5.41 Å². The molecule has 302 valence electrons. The van der Waals surface area contributed by atoms with Crippen molar-refractivity contribution in [1.82, 2.24) is 4.57 Å². The first-order valence-electron chi connectivity index (χ1n) is 22.2. The van der Waals surface area contributed by atoms with Crippen LogP contribution in [0.15, 0.2) is 223 Å². The van der Waals surface area contributed by atoms with Crippen LogP contribution in [0.5, 0.6) is 0 Å². The maximum absolute atomic E-state index is 6.96. The standard InChI is InChI=1S/C61H42N2O/c1-61(2)52-24-9-5-20-47(52)48-34-31-42(38-53(48)61)41-17-13-18-44(37-41)63(54-27-14-16-39-15-3-4-19-45(39)54)57-36-35-46(60-59(57)51-23-8-12-28-58(51)64-60)40-29-32-43(33-30-40)62-55-25-10-6-21-49(55)50-22-7-11-26-56(50)62/h3-38H,1-2H3. The molecular formula is C61H42N2O. The summed E-state index contributed by atoms with van der Waals surface area (Å²) in [7, 11) is 0. The van der Waals surface area contributed by atoms with Crippen LogP contribution < -0.4 is 4.90 Å². The van der Waals surface area contributed by atoms with Crippen molar-refractivity contribution in [2.75, 3.05) is 4.90 Å². The average molecular weight is 819 g/mol. The summed E-state index contributed by atoms with van der Waals surface area (Å²) < 4.78 is 9.32. The Labute approximate surface area is 371 Å². The van der Waals surface area contributed by atoms with Crippen LogP contribution in [0.25, 0.3) is 93.6 Å². The van der Waals surface area contributed by atoms with E-state index in [1.54, 1.807) is 0 Å². The number of furan rings is 1. The quantitative estimate of drug-likeness (QED) is 0.167. The molecule has 2 aromatic heterocycles. The lowest BCUT2D eigenvalue weighted by atomic mass is 9.81. The number of aromatic nitrogens is 1. The molecule has 3 heteroatoms. The van der Waals surface area contributed by atoms with E-state index in [1.807, 2.05) is 0 Å². The van der Waals surface area contributed by atoms with Crippen LogP contribution in [0.4, 0.5) is 17.1 Å². The molecule has 64 heavy (non-hydrogen) atoms. The minimum absolute atomic E-state index is 0.0877. The van der Waals surface area contributed by atoms with Crippen LogP contribution >= 0.6 is 0 Å². The molecule has 0 saturated carbocycles. The highest BCUT2D eigenvalue weighted by Gasteiger charge is 2.35. The lowest BCUT2D eigenvalue weighted by molar-refractivity contribution is 0.660. The van der Waals surface area contributed by atoms with E-state index in [1.165, 1.54) is 66.0 Å². The smallest absolute Gasteiger partial charge is 0.145 e. The maximum Gasteiger partial charge on any atom is 0.145 e. The summed E-state index contributed by atoms with van der Waals surface area (Å²) in [5.41, 5.74) is 18.3. The fraction of sp³-hybridized carbons (Fsp3) is 0.0492. The molecule has 0 atom stereocenters. The molecule has 0 fully saturated rings. The summed E-state index contributed by atoms with van der Waals surface area (Å²) in [6.45, 7) is 4.70. The number of hydrogen-bond acceptors (Lipinski definition) is 2. The summed E-state index contributed by atoms with van der Waals surface area (Å²) in [5.74, 6) is 0. The SMILES string of the molecule is CC1(C)c2ccccc2-c2ccc(-c3cccc(N(c4cccc5ccccc45)c4ccc(-c5ccc(-n6c7ccccc7c7ccccc76)cc5)c5oc6ccccc6c45)c3)cc21. The van der Waals surface area contributed by atoms with Gasteiger partial charge in [0.2, 0.25) is 0 Å². The van der Waals surface area contributed by atoms with Gasteiger partial charge < -0.3 is 13.9 Å². The van der Waals surface area contributed by atoms with Gasteiger partial charge in [0.05, 0.1) is 27.8 Å². The molecule has 0 radical (unpaired) electrons. The van der Waals surface area contributed by atoms with E-state index < -0.39 is 0 Å². The van der Waals surface area contributed by atoms with Crippen LogP contribution in [0.2, 0.25) is 0 Å². The molecule has 1 aliphatic carbocycles. The molecule has 0 spiro atoms. The second-order valence-corrected chi connectivity index (χ2v) is 17.7. The van der Waals surface area contributed by atoms with Crippen LogP contribution in [0, 0.1) is 0 Å². The molecule has 10 aromatic carbocycles. The Hall–Kier alpha value is -8.14. The summed E-state index contributed by atoms with van der Waals surface area (Å²) in [5, 5.41) is 7.04. The third-order valence-electron chi connectivity index (χ3n) is 13.8. The Morgan fingerprint density at radius 1 is 0.422 bits per heavy atom. The third kappa shape index (κ3) is 5.41. The average Bonchev–Trinajstić information content (AvgIpc) is 3.98. The first-order valence-corrected chi connectivity index (χ1v) is 22.2. The molecule has 0 aliphatic heterocycles. The molecule has 12 aromatic rings. The highest BCUT2D eigenvalue weighted by Crippen LogP contribution is 2.51. The minimum atomic E-state index is -0.0877. The number of benzene rings is 10. The third-order valence-corrected chi connectivity index (χ3v) is 13.8. The van der Waals surface area contributed by atoms with E-state index in [4.69, 9.17) is 4.42 Å². The molecule has 0 N–H and O–H groups in total. The van der Waals surface area contributed by atoms with Crippen molar-refractivity contribution in [2.45, 2.75) is 19.3 Å². The summed E-state index contributed by atoms with van der Waals surface area (Å²) in [4.78, 5) is 2.44. The predicted octanol–water partition coefficient (Wildman–Crippen LogP) is 16.9. The van der Waals surface area contributed by atoms with E-state index >= 15 is 0 Å². The second kappa shape index (κ2) is 13.9. The van der Waals surface area contributed by atoms with Gasteiger partial charge in [0, 0.05) is 43.9 Å². The normalized spacial score (nSPS) is 13.0. The van der Waals surface area contributed by atoms with Gasteiger partial charge in [-0.25, -0.2) is 0 Å². The highest BCUT2D eigenvalue weighted by atomic mass is 16.3. The van der Waals surface area contributed by atoms with Gasteiger partial charge in [-0.2, -0.15) is 0 Å². The van der Waals surface area contributed by atoms with Crippen molar-refractivity contribution in [2.24, 2.45) is 0 Å². The van der Waals surface area contributed by atoms with Crippen LogP contribution in [0.1, 0.15) is 25.0 Å². The Morgan fingerprint density at radius 2 is 1.03 bits per heavy atom. The van der Waals surface area contributed by atoms with Gasteiger partial charge in [-0.3, -0.25) is 0 Å². The maximum atomic E-state index is 6.96. The van der Waals surface area contributed by atoms with Crippen LogP contribution in [0.3, 0.4) is 0 Å².